The smallest absolute Gasteiger partial charge is 0.416 e. The molecule has 2 aliphatic carbocycles. The monoisotopic (exact) mass is 795 g/mol. The maximum Gasteiger partial charge on any atom is 0.416 e. The van der Waals surface area contributed by atoms with Gasteiger partial charge in [0, 0.05) is 25.4 Å². The van der Waals surface area contributed by atoms with Crippen molar-refractivity contribution < 1.29 is 55.0 Å². The SMILES string of the molecule is CC(C)(C)OC(=O)N[C@H]1CCCCC/C=C/[C@@H]2C[C@@]2(C(=O)NS(=O)(=O)C2CC2)NC(=O)[C@@H]2C[C@@H](OC(=O)N3CCc4cccc(C(F)(F)F)c4C3)CN2C1=O. The van der Waals surface area contributed by atoms with E-state index in [0.29, 0.717) is 44.1 Å². The van der Waals surface area contributed by atoms with E-state index in [4.69, 9.17) is 9.47 Å². The molecular weight excluding hydrogens is 747 g/mol. The summed E-state index contributed by atoms with van der Waals surface area (Å²) >= 11 is 0. The van der Waals surface area contributed by atoms with Gasteiger partial charge in [-0.1, -0.05) is 37.1 Å². The molecule has 3 aliphatic heterocycles. The Morgan fingerprint density at radius 2 is 1.78 bits per heavy atom. The number of ether oxygens (including phenoxy) is 2. The van der Waals surface area contributed by atoms with Crippen molar-refractivity contribution >= 4 is 39.9 Å². The molecule has 5 amide bonds. The molecular formula is C37H48F3N5O9S. The molecule has 1 aromatic carbocycles. The molecule has 5 atom stereocenters. The van der Waals surface area contributed by atoms with E-state index in [1.807, 2.05) is 6.08 Å². The summed E-state index contributed by atoms with van der Waals surface area (Å²) in [5, 5.41) is 4.67. The third kappa shape index (κ3) is 9.38. The Kier molecular flexibility index (Phi) is 11.2. The lowest BCUT2D eigenvalue weighted by atomic mass is 9.95. The zero-order valence-electron chi connectivity index (χ0n) is 31.1. The van der Waals surface area contributed by atoms with Crippen LogP contribution in [-0.2, 0) is 53.0 Å². The lowest BCUT2D eigenvalue weighted by Crippen LogP contribution is -2.58. The molecule has 302 valence electrons. The number of alkyl halides is 3. The molecule has 18 heteroatoms. The molecule has 3 fully saturated rings. The Morgan fingerprint density at radius 1 is 1.04 bits per heavy atom. The molecule has 0 radical (unpaired) electrons. The molecule has 0 spiro atoms. The quantitative estimate of drug-likeness (QED) is 0.371. The van der Waals surface area contributed by atoms with Crippen molar-refractivity contribution in [2.45, 2.75) is 132 Å². The number of nitrogens with zero attached hydrogens (tertiary/aromatic N) is 2. The second-order valence-corrected chi connectivity index (χ2v) is 18.0. The molecule has 14 nitrogen and oxygen atoms in total. The molecule has 1 aromatic rings. The third-order valence-electron chi connectivity index (χ3n) is 10.6. The van der Waals surface area contributed by atoms with E-state index in [0.717, 1.165) is 11.0 Å². The predicted molar refractivity (Wildman–Crippen MR) is 190 cm³/mol. The number of carbonyl (C=O) groups is 5. The minimum atomic E-state index is -4.64. The number of benzene rings is 1. The van der Waals surface area contributed by atoms with Gasteiger partial charge in [-0.2, -0.15) is 13.2 Å². The first-order valence-corrected chi connectivity index (χ1v) is 20.3. The average Bonchev–Trinajstić information content (AvgIpc) is 4.02. The van der Waals surface area contributed by atoms with E-state index < -0.39 is 92.2 Å². The van der Waals surface area contributed by atoms with Gasteiger partial charge in [-0.25, -0.2) is 18.0 Å². The predicted octanol–water partition coefficient (Wildman–Crippen LogP) is 4.07. The first-order chi connectivity index (χ1) is 25.8. The lowest BCUT2D eigenvalue weighted by molar-refractivity contribution is -0.141. The van der Waals surface area contributed by atoms with E-state index >= 15 is 0 Å². The molecule has 5 aliphatic rings. The molecule has 0 unspecified atom stereocenters. The van der Waals surface area contributed by atoms with Gasteiger partial charge >= 0.3 is 18.4 Å². The number of carbonyl (C=O) groups excluding carboxylic acids is 5. The van der Waals surface area contributed by atoms with E-state index in [-0.39, 0.29) is 50.9 Å². The van der Waals surface area contributed by atoms with Crippen LogP contribution in [0.1, 0.15) is 95.2 Å². The summed E-state index contributed by atoms with van der Waals surface area (Å²) in [4.78, 5) is 70.9. The van der Waals surface area contributed by atoms with Gasteiger partial charge in [-0.15, -0.1) is 0 Å². The lowest BCUT2D eigenvalue weighted by Gasteiger charge is -2.31. The zero-order chi connectivity index (χ0) is 39.9. The number of nitrogens with one attached hydrogen (secondary N) is 3. The normalized spacial score (nSPS) is 28.3. The van der Waals surface area contributed by atoms with E-state index in [2.05, 4.69) is 15.4 Å². The van der Waals surface area contributed by atoms with Crippen molar-refractivity contribution in [3.05, 3.63) is 47.0 Å². The first-order valence-electron chi connectivity index (χ1n) is 18.8. The molecule has 6 rings (SSSR count). The summed E-state index contributed by atoms with van der Waals surface area (Å²) in [6, 6.07) is 1.38. The average molecular weight is 796 g/mol. The van der Waals surface area contributed by atoms with Gasteiger partial charge in [0.25, 0.3) is 5.91 Å². The van der Waals surface area contributed by atoms with E-state index in [1.165, 1.54) is 11.0 Å². The van der Waals surface area contributed by atoms with Crippen LogP contribution in [0.3, 0.4) is 0 Å². The fourth-order valence-electron chi connectivity index (χ4n) is 7.52. The van der Waals surface area contributed by atoms with Gasteiger partial charge in [-0.3, -0.25) is 19.1 Å². The fourth-order valence-corrected chi connectivity index (χ4v) is 8.88. The maximum atomic E-state index is 14.3. The molecule has 2 saturated carbocycles. The van der Waals surface area contributed by atoms with Gasteiger partial charge in [0.1, 0.15) is 29.3 Å². The molecule has 0 aromatic heterocycles. The number of alkyl carbamates (subject to hydrolysis) is 1. The van der Waals surface area contributed by atoms with Crippen LogP contribution in [-0.4, -0.2) is 95.8 Å². The Morgan fingerprint density at radius 3 is 2.47 bits per heavy atom. The molecule has 55 heavy (non-hydrogen) atoms. The van der Waals surface area contributed by atoms with Gasteiger partial charge in [0.2, 0.25) is 21.8 Å². The van der Waals surface area contributed by atoms with Crippen LogP contribution in [0, 0.1) is 5.92 Å². The Balaban J connectivity index is 1.25. The second kappa shape index (κ2) is 15.3. The van der Waals surface area contributed by atoms with Crippen molar-refractivity contribution in [3.63, 3.8) is 0 Å². The van der Waals surface area contributed by atoms with Crippen molar-refractivity contribution in [1.82, 2.24) is 25.2 Å². The van der Waals surface area contributed by atoms with Crippen molar-refractivity contribution in [2.24, 2.45) is 5.92 Å². The van der Waals surface area contributed by atoms with Crippen molar-refractivity contribution in [2.75, 3.05) is 13.1 Å². The summed E-state index contributed by atoms with van der Waals surface area (Å²) < 4.78 is 80.4. The number of allylic oxidation sites excluding steroid dienone is 1. The van der Waals surface area contributed by atoms with Crippen LogP contribution in [0.2, 0.25) is 0 Å². The molecule has 1 saturated heterocycles. The van der Waals surface area contributed by atoms with E-state index in [1.54, 1.807) is 32.9 Å². The fraction of sp³-hybridized carbons (Fsp3) is 0.649. The molecule has 3 N–H and O–H groups in total. The minimum Gasteiger partial charge on any atom is -0.444 e. The Labute approximate surface area is 317 Å². The number of amides is 5. The Hall–Kier alpha value is -4.35. The van der Waals surface area contributed by atoms with Gasteiger partial charge in [0.15, 0.2) is 0 Å². The van der Waals surface area contributed by atoms with Gasteiger partial charge in [-0.05, 0) is 82.9 Å². The summed E-state index contributed by atoms with van der Waals surface area (Å²) in [6.45, 7) is 4.40. The standard InChI is InChI=1S/C37H48F3N5O9S/c1-35(2,3)54-33(49)41-28-13-8-6-4-5-7-11-23-19-36(23,32(48)43-55(51,52)25-14-15-25)42-30(46)29-18-24(20-45(29)31(28)47)53-34(50)44-17-16-22-10-9-12-27(26(22)21-44)37(38,39)40/h7,9-12,23-25,28-29H,4-6,8,13-21H2,1-3H3,(H,41,49)(H,42,46)(H,43,48)/b11-7+/t23-,24-,28+,29+,36-/m1/s1. The zero-order valence-corrected chi connectivity index (χ0v) is 31.9. The van der Waals surface area contributed by atoms with Crippen LogP contribution < -0.4 is 15.4 Å². The number of rotatable bonds is 5. The number of fused-ring (bicyclic) bond motifs is 3. The highest BCUT2D eigenvalue weighted by Gasteiger charge is 2.62. The largest absolute Gasteiger partial charge is 0.444 e. The number of halogens is 3. The highest BCUT2D eigenvalue weighted by atomic mass is 32.2. The van der Waals surface area contributed by atoms with Gasteiger partial charge < -0.3 is 29.9 Å². The topological polar surface area (TPSA) is 181 Å². The third-order valence-corrected chi connectivity index (χ3v) is 12.5. The second-order valence-electron chi connectivity index (χ2n) is 16.1. The van der Waals surface area contributed by atoms with Crippen molar-refractivity contribution in [3.8, 4) is 0 Å². The summed E-state index contributed by atoms with van der Waals surface area (Å²) in [5.74, 6) is -2.88. The highest BCUT2D eigenvalue weighted by Crippen LogP contribution is 2.46. The number of hydrogen-bond donors (Lipinski definition) is 3. The van der Waals surface area contributed by atoms with Crippen LogP contribution in [0.15, 0.2) is 30.4 Å². The van der Waals surface area contributed by atoms with Crippen molar-refractivity contribution in [1.29, 1.82) is 0 Å². The van der Waals surface area contributed by atoms with Crippen LogP contribution >= 0.6 is 0 Å². The first kappa shape index (κ1) is 40.3. The van der Waals surface area contributed by atoms with Gasteiger partial charge in [0.05, 0.1) is 17.4 Å². The highest BCUT2D eigenvalue weighted by molar-refractivity contribution is 7.91. The summed E-state index contributed by atoms with van der Waals surface area (Å²) in [5.41, 5.74) is -2.93. The van der Waals surface area contributed by atoms with Crippen LogP contribution in [0.25, 0.3) is 0 Å². The van der Waals surface area contributed by atoms with E-state index in [9.17, 15) is 45.6 Å². The number of sulfonamides is 1. The molecule has 3 heterocycles. The summed E-state index contributed by atoms with van der Waals surface area (Å²) in [7, 11) is -3.97. The van der Waals surface area contributed by atoms with Crippen LogP contribution in [0.5, 0.6) is 0 Å². The summed E-state index contributed by atoms with van der Waals surface area (Å²) in [6.07, 6.45) is -0.278. The van der Waals surface area contributed by atoms with Crippen LogP contribution in [0.4, 0.5) is 22.8 Å². The molecule has 0 bridgehead atoms. The minimum absolute atomic E-state index is 0.0387. The number of hydrogen-bond acceptors (Lipinski definition) is 9. The Bertz CT molecular complexity index is 1840. The maximum absolute atomic E-state index is 14.3.